The highest BCUT2D eigenvalue weighted by atomic mass is 32.2. The fourth-order valence-corrected chi connectivity index (χ4v) is 4.82. The van der Waals surface area contributed by atoms with Gasteiger partial charge in [0.1, 0.15) is 11.6 Å². The maximum absolute atomic E-state index is 13.2. The lowest BCUT2D eigenvalue weighted by Gasteiger charge is -2.39. The molecule has 162 valence electrons. The third-order valence-electron chi connectivity index (χ3n) is 5.22. The van der Waals surface area contributed by atoms with Crippen LogP contribution >= 0.6 is 0 Å². The van der Waals surface area contributed by atoms with Crippen LogP contribution in [-0.4, -0.2) is 39.1 Å². The summed E-state index contributed by atoms with van der Waals surface area (Å²) in [6.45, 7) is 0.970. The summed E-state index contributed by atoms with van der Waals surface area (Å²) >= 11 is 0. The van der Waals surface area contributed by atoms with Crippen molar-refractivity contribution in [2.24, 2.45) is 5.92 Å². The first-order chi connectivity index (χ1) is 14.3. The summed E-state index contributed by atoms with van der Waals surface area (Å²) in [5, 5.41) is 0. The zero-order valence-corrected chi connectivity index (χ0v) is 17.4. The largest absolute Gasteiger partial charge is 0.469 e. The van der Waals surface area contributed by atoms with Crippen LogP contribution < -0.4 is 4.72 Å². The molecule has 1 aliphatic rings. The highest BCUT2D eigenvalue weighted by molar-refractivity contribution is 7.89. The number of hydrogen-bond acceptors (Lipinski definition) is 5. The van der Waals surface area contributed by atoms with Gasteiger partial charge >= 0.3 is 5.97 Å². The van der Waals surface area contributed by atoms with Crippen molar-refractivity contribution >= 4 is 16.0 Å². The molecule has 9 heteroatoms. The minimum Gasteiger partial charge on any atom is -0.469 e. The van der Waals surface area contributed by atoms with E-state index in [0.717, 1.165) is 17.7 Å². The first-order valence-electron chi connectivity index (χ1n) is 9.60. The molecule has 3 rings (SSSR count). The normalized spacial score (nSPS) is 20.1. The SMILES string of the molecule is COC(=O)CC1CCN(Cc2ccc(F)cc2)C(NS(=O)(=O)c2ccc(F)cc2)C1. The maximum atomic E-state index is 13.2. The second-order valence-corrected chi connectivity index (χ2v) is 9.07. The molecule has 1 N–H and O–H groups in total. The smallest absolute Gasteiger partial charge is 0.305 e. The highest BCUT2D eigenvalue weighted by Crippen LogP contribution is 2.27. The van der Waals surface area contributed by atoms with Gasteiger partial charge in [-0.1, -0.05) is 12.1 Å². The van der Waals surface area contributed by atoms with Gasteiger partial charge in [0.15, 0.2) is 0 Å². The lowest BCUT2D eigenvalue weighted by Crippen LogP contribution is -2.52. The van der Waals surface area contributed by atoms with Crippen LogP contribution in [0.3, 0.4) is 0 Å². The Labute approximate surface area is 174 Å². The van der Waals surface area contributed by atoms with Crippen LogP contribution in [-0.2, 0) is 26.1 Å². The van der Waals surface area contributed by atoms with Gasteiger partial charge in [0.2, 0.25) is 10.0 Å². The summed E-state index contributed by atoms with van der Waals surface area (Å²) in [7, 11) is -2.58. The summed E-state index contributed by atoms with van der Waals surface area (Å²) in [4.78, 5) is 13.6. The first-order valence-corrected chi connectivity index (χ1v) is 11.1. The number of esters is 1. The summed E-state index contributed by atoms with van der Waals surface area (Å²) in [6, 6.07) is 10.6. The van der Waals surface area contributed by atoms with Gasteiger partial charge in [-0.15, -0.1) is 0 Å². The zero-order chi connectivity index (χ0) is 21.7. The Kier molecular flexibility index (Phi) is 7.17. The quantitative estimate of drug-likeness (QED) is 0.673. The van der Waals surface area contributed by atoms with Crippen LogP contribution in [0.1, 0.15) is 24.8 Å². The summed E-state index contributed by atoms with van der Waals surface area (Å²) in [6.07, 6.45) is 0.741. The molecule has 2 unspecified atom stereocenters. The van der Waals surface area contributed by atoms with E-state index in [4.69, 9.17) is 4.74 Å². The van der Waals surface area contributed by atoms with E-state index in [0.29, 0.717) is 25.9 Å². The number of nitrogens with one attached hydrogen (secondary N) is 1. The number of likely N-dealkylation sites (tertiary alicyclic amines) is 1. The first kappa shape index (κ1) is 22.3. The van der Waals surface area contributed by atoms with Crippen molar-refractivity contribution in [2.75, 3.05) is 13.7 Å². The van der Waals surface area contributed by atoms with Crippen molar-refractivity contribution in [3.63, 3.8) is 0 Å². The molecule has 1 fully saturated rings. The van der Waals surface area contributed by atoms with Crippen molar-refractivity contribution in [3.05, 3.63) is 65.7 Å². The van der Waals surface area contributed by atoms with Gasteiger partial charge in [0, 0.05) is 19.5 Å². The number of benzene rings is 2. The highest BCUT2D eigenvalue weighted by Gasteiger charge is 2.33. The molecule has 1 heterocycles. The Hall–Kier alpha value is -2.36. The lowest BCUT2D eigenvalue weighted by molar-refractivity contribution is -0.142. The van der Waals surface area contributed by atoms with Crippen LogP contribution in [0, 0.1) is 17.6 Å². The third kappa shape index (κ3) is 5.84. The predicted octanol–water partition coefficient (Wildman–Crippen LogP) is 3.04. The number of halogens is 2. The van der Waals surface area contributed by atoms with Crippen LogP contribution in [0.15, 0.2) is 53.4 Å². The van der Waals surface area contributed by atoms with Crippen molar-refractivity contribution in [1.82, 2.24) is 9.62 Å². The van der Waals surface area contributed by atoms with E-state index in [1.807, 2.05) is 4.90 Å². The van der Waals surface area contributed by atoms with Gasteiger partial charge < -0.3 is 4.74 Å². The van der Waals surface area contributed by atoms with E-state index in [2.05, 4.69) is 4.72 Å². The molecule has 2 aromatic rings. The number of nitrogens with zero attached hydrogens (tertiary/aromatic N) is 1. The maximum Gasteiger partial charge on any atom is 0.305 e. The molecule has 6 nitrogen and oxygen atoms in total. The van der Waals surface area contributed by atoms with Crippen molar-refractivity contribution in [3.8, 4) is 0 Å². The van der Waals surface area contributed by atoms with E-state index < -0.39 is 22.0 Å². The molecular weight excluding hydrogens is 414 g/mol. The molecule has 30 heavy (non-hydrogen) atoms. The molecule has 1 saturated heterocycles. The molecule has 1 aliphatic heterocycles. The minimum absolute atomic E-state index is 0.0390. The number of ether oxygens (including phenoxy) is 1. The van der Waals surface area contributed by atoms with Crippen LogP contribution in [0.2, 0.25) is 0 Å². The van der Waals surface area contributed by atoms with E-state index in [-0.39, 0.29) is 29.0 Å². The molecular formula is C21H24F2N2O4S. The van der Waals surface area contributed by atoms with Crippen molar-refractivity contribution < 1.29 is 26.7 Å². The Morgan fingerprint density at radius 3 is 2.30 bits per heavy atom. The van der Waals surface area contributed by atoms with Crippen molar-refractivity contribution in [2.45, 2.75) is 36.9 Å². The van der Waals surface area contributed by atoms with E-state index in [1.165, 1.54) is 31.4 Å². The molecule has 2 aromatic carbocycles. The molecule has 0 saturated carbocycles. The molecule has 0 spiro atoms. The van der Waals surface area contributed by atoms with Gasteiger partial charge in [-0.05, 0) is 60.7 Å². The minimum atomic E-state index is -3.90. The Bertz CT molecular complexity index is 966. The van der Waals surface area contributed by atoms with Crippen LogP contribution in [0.4, 0.5) is 8.78 Å². The Balaban J connectivity index is 1.79. The molecule has 0 radical (unpaired) electrons. The molecule has 0 bridgehead atoms. The van der Waals surface area contributed by atoms with Gasteiger partial charge in [-0.3, -0.25) is 9.69 Å². The standard InChI is InChI=1S/C21H24F2N2O4S/c1-29-21(26)13-16-10-11-25(14-15-2-4-17(22)5-3-15)20(12-16)24-30(27,28)19-8-6-18(23)7-9-19/h2-9,16,20,24H,10-14H2,1H3. The van der Waals surface area contributed by atoms with Gasteiger partial charge in [0.25, 0.3) is 0 Å². The van der Waals surface area contributed by atoms with Crippen LogP contribution in [0.25, 0.3) is 0 Å². The summed E-state index contributed by atoms with van der Waals surface area (Å²) in [5.41, 5.74) is 0.841. The van der Waals surface area contributed by atoms with E-state index in [1.54, 1.807) is 12.1 Å². The third-order valence-corrected chi connectivity index (χ3v) is 6.69. The molecule has 2 atom stereocenters. The van der Waals surface area contributed by atoms with Gasteiger partial charge in [-0.2, -0.15) is 4.72 Å². The molecule has 0 amide bonds. The summed E-state index contributed by atoms with van der Waals surface area (Å²) < 4.78 is 59.5. The number of rotatable bonds is 7. The average Bonchev–Trinajstić information content (AvgIpc) is 2.71. The monoisotopic (exact) mass is 438 g/mol. The summed E-state index contributed by atoms with van der Waals surface area (Å²) in [5.74, 6) is -1.25. The fourth-order valence-electron chi connectivity index (χ4n) is 3.59. The Morgan fingerprint density at radius 1 is 1.10 bits per heavy atom. The number of carbonyl (C=O) groups excluding carboxylic acids is 1. The predicted molar refractivity (Wildman–Crippen MR) is 107 cm³/mol. The van der Waals surface area contributed by atoms with E-state index >= 15 is 0 Å². The number of piperidine rings is 1. The van der Waals surface area contributed by atoms with Crippen LogP contribution in [0.5, 0.6) is 0 Å². The zero-order valence-electron chi connectivity index (χ0n) is 16.6. The second kappa shape index (κ2) is 9.63. The molecule has 0 aromatic heterocycles. The van der Waals surface area contributed by atoms with Gasteiger partial charge in [0.05, 0.1) is 18.2 Å². The topological polar surface area (TPSA) is 75.7 Å². The average molecular weight is 438 g/mol. The fraction of sp³-hybridized carbons (Fsp3) is 0.381. The number of sulfonamides is 1. The lowest BCUT2D eigenvalue weighted by atomic mass is 9.91. The number of hydrogen-bond donors (Lipinski definition) is 1. The van der Waals surface area contributed by atoms with Crippen molar-refractivity contribution in [1.29, 1.82) is 0 Å². The number of methoxy groups -OCH3 is 1. The van der Waals surface area contributed by atoms with Gasteiger partial charge in [-0.25, -0.2) is 17.2 Å². The Morgan fingerprint density at radius 2 is 1.70 bits per heavy atom. The molecule has 0 aliphatic carbocycles. The van der Waals surface area contributed by atoms with E-state index in [9.17, 15) is 22.0 Å². The second-order valence-electron chi connectivity index (χ2n) is 7.36. The number of carbonyl (C=O) groups is 1.